The summed E-state index contributed by atoms with van der Waals surface area (Å²) in [6.45, 7) is 2.14. The predicted molar refractivity (Wildman–Crippen MR) is 69.1 cm³/mol. The van der Waals surface area contributed by atoms with Crippen molar-refractivity contribution in [3.8, 4) is 0 Å². The molecule has 0 fully saturated rings. The molecule has 2 aromatic carbocycles. The molecule has 2 heteroatoms. The van der Waals surface area contributed by atoms with Gasteiger partial charge in [-0.25, -0.2) is 0 Å². The van der Waals surface area contributed by atoms with Gasteiger partial charge in [-0.05, 0) is 58.0 Å². The van der Waals surface area contributed by atoms with Crippen LogP contribution in [0.25, 0.3) is 10.8 Å². The molecule has 0 saturated heterocycles. The van der Waals surface area contributed by atoms with Crippen molar-refractivity contribution in [3.05, 3.63) is 43.9 Å². The first kappa shape index (κ1) is 9.46. The van der Waals surface area contributed by atoms with Gasteiger partial charge in [-0.3, -0.25) is 0 Å². The van der Waals surface area contributed by atoms with Crippen LogP contribution in [0.1, 0.15) is 5.56 Å². The number of aryl methyl sites for hydroxylation is 1. The molecule has 0 bridgehead atoms. The van der Waals surface area contributed by atoms with Crippen LogP contribution in [-0.2, 0) is 0 Å². The molecule has 2 rings (SSSR count). The van der Waals surface area contributed by atoms with E-state index in [2.05, 4.69) is 75.8 Å². The van der Waals surface area contributed by atoms with Gasteiger partial charge in [0, 0.05) is 8.04 Å². The molecule has 0 heterocycles. The van der Waals surface area contributed by atoms with Gasteiger partial charge >= 0.3 is 0 Å². The summed E-state index contributed by atoms with van der Waals surface area (Å²) in [6, 6.07) is 10.7. The first-order valence-electron chi connectivity index (χ1n) is 4.03. The zero-order chi connectivity index (χ0) is 9.42. The molecule has 0 aliphatic rings. The van der Waals surface area contributed by atoms with Crippen molar-refractivity contribution in [2.75, 3.05) is 0 Å². The Balaban J connectivity index is 2.87. The molecular weight excluding hydrogens is 339 g/mol. The van der Waals surface area contributed by atoms with Gasteiger partial charge in [0.1, 0.15) is 0 Å². The summed E-state index contributed by atoms with van der Waals surface area (Å²) in [5, 5.41) is 2.63. The maximum Gasteiger partial charge on any atom is 0.0238 e. The summed E-state index contributed by atoms with van der Waals surface area (Å²) in [5.74, 6) is 0. The van der Waals surface area contributed by atoms with E-state index in [1.807, 2.05) is 0 Å². The highest BCUT2D eigenvalue weighted by Gasteiger charge is 2.01. The second-order valence-corrected chi connectivity index (χ2v) is 5.06. The Morgan fingerprint density at radius 2 is 1.92 bits per heavy atom. The number of hydrogen-bond donors (Lipinski definition) is 0. The third-order valence-corrected chi connectivity index (χ3v) is 4.03. The Morgan fingerprint density at radius 1 is 1.15 bits per heavy atom. The number of fused-ring (bicyclic) bond motifs is 1. The minimum absolute atomic E-state index is 1.14. The normalized spacial score (nSPS) is 10.7. The smallest absolute Gasteiger partial charge is 0.0238 e. The zero-order valence-electron chi connectivity index (χ0n) is 7.14. The van der Waals surface area contributed by atoms with Crippen molar-refractivity contribution in [3.63, 3.8) is 0 Å². The molecule has 0 N–H and O–H groups in total. The highest BCUT2D eigenvalue weighted by Crippen LogP contribution is 2.26. The van der Waals surface area contributed by atoms with Gasteiger partial charge in [0.25, 0.3) is 0 Å². The zero-order valence-corrected chi connectivity index (χ0v) is 10.9. The van der Waals surface area contributed by atoms with Crippen molar-refractivity contribution < 1.29 is 0 Å². The largest absolute Gasteiger partial charge is 0.0576 e. The number of hydrogen-bond acceptors (Lipinski definition) is 0. The lowest BCUT2D eigenvalue weighted by atomic mass is 10.1. The second-order valence-electron chi connectivity index (χ2n) is 3.06. The van der Waals surface area contributed by atoms with Crippen molar-refractivity contribution in [1.82, 2.24) is 0 Å². The number of halogens is 2. The summed E-state index contributed by atoms with van der Waals surface area (Å²) in [7, 11) is 0. The molecule has 0 amide bonds. The average molecular weight is 347 g/mol. The Hall–Kier alpha value is -0.0900. The molecule has 0 saturated carbocycles. The molecule has 0 unspecified atom stereocenters. The van der Waals surface area contributed by atoms with Crippen LogP contribution in [0.15, 0.2) is 34.8 Å². The predicted octanol–water partition coefficient (Wildman–Crippen LogP) is 4.52. The van der Waals surface area contributed by atoms with Crippen LogP contribution in [0, 0.1) is 10.5 Å². The quantitative estimate of drug-likeness (QED) is 0.615. The first-order valence-corrected chi connectivity index (χ1v) is 5.90. The van der Waals surface area contributed by atoms with Crippen LogP contribution < -0.4 is 0 Å². The lowest BCUT2D eigenvalue weighted by molar-refractivity contribution is 1.46. The standard InChI is InChI=1S/C11H8BrI/c1-7-2-3-8-6-9(12)4-5-10(8)11(7)13/h2-6H,1H3. The summed E-state index contributed by atoms with van der Waals surface area (Å²) < 4.78 is 2.49. The summed E-state index contributed by atoms with van der Waals surface area (Å²) in [4.78, 5) is 0. The van der Waals surface area contributed by atoms with E-state index in [1.165, 1.54) is 19.9 Å². The molecule has 0 aliphatic heterocycles. The van der Waals surface area contributed by atoms with Crippen molar-refractivity contribution >= 4 is 49.3 Å². The molecule has 13 heavy (non-hydrogen) atoms. The minimum Gasteiger partial charge on any atom is -0.0576 e. The monoisotopic (exact) mass is 346 g/mol. The fourth-order valence-corrected chi connectivity index (χ4v) is 2.42. The van der Waals surface area contributed by atoms with E-state index >= 15 is 0 Å². The lowest BCUT2D eigenvalue weighted by Crippen LogP contribution is -1.82. The Kier molecular flexibility index (Phi) is 2.60. The highest BCUT2D eigenvalue weighted by molar-refractivity contribution is 14.1. The fourth-order valence-electron chi connectivity index (χ4n) is 1.37. The van der Waals surface area contributed by atoms with E-state index in [0.29, 0.717) is 0 Å². The van der Waals surface area contributed by atoms with Gasteiger partial charge in [-0.1, -0.05) is 34.1 Å². The van der Waals surface area contributed by atoms with Gasteiger partial charge in [0.2, 0.25) is 0 Å². The molecule has 2 aromatic rings. The summed E-state index contributed by atoms with van der Waals surface area (Å²) in [6.07, 6.45) is 0. The van der Waals surface area contributed by atoms with Gasteiger partial charge in [0.15, 0.2) is 0 Å². The van der Waals surface area contributed by atoms with E-state index in [9.17, 15) is 0 Å². The lowest BCUT2D eigenvalue weighted by Gasteiger charge is -2.04. The van der Waals surface area contributed by atoms with E-state index < -0.39 is 0 Å². The maximum absolute atomic E-state index is 3.47. The van der Waals surface area contributed by atoms with E-state index in [-0.39, 0.29) is 0 Å². The SMILES string of the molecule is Cc1ccc2cc(Br)ccc2c1I. The third-order valence-electron chi connectivity index (χ3n) is 2.11. The first-order chi connectivity index (χ1) is 6.18. The number of rotatable bonds is 0. The molecule has 0 aromatic heterocycles. The molecule has 0 nitrogen and oxygen atoms in total. The molecule has 0 aliphatic carbocycles. The Bertz CT molecular complexity index is 463. The average Bonchev–Trinajstić information content (AvgIpc) is 2.12. The van der Waals surface area contributed by atoms with Crippen molar-refractivity contribution in [2.45, 2.75) is 6.92 Å². The van der Waals surface area contributed by atoms with Crippen molar-refractivity contribution in [2.24, 2.45) is 0 Å². The fraction of sp³-hybridized carbons (Fsp3) is 0.0909. The maximum atomic E-state index is 3.47. The van der Waals surface area contributed by atoms with Crippen LogP contribution in [0.2, 0.25) is 0 Å². The van der Waals surface area contributed by atoms with Crippen LogP contribution in [0.3, 0.4) is 0 Å². The van der Waals surface area contributed by atoms with Crippen molar-refractivity contribution in [1.29, 1.82) is 0 Å². The molecule has 0 radical (unpaired) electrons. The number of benzene rings is 2. The Morgan fingerprint density at radius 3 is 2.69 bits per heavy atom. The van der Waals surface area contributed by atoms with Crippen LogP contribution in [0.5, 0.6) is 0 Å². The topological polar surface area (TPSA) is 0 Å². The molecular formula is C11H8BrI. The summed E-state index contributed by atoms with van der Waals surface area (Å²) in [5.41, 5.74) is 1.34. The van der Waals surface area contributed by atoms with E-state index in [4.69, 9.17) is 0 Å². The van der Waals surface area contributed by atoms with Gasteiger partial charge in [-0.2, -0.15) is 0 Å². The van der Waals surface area contributed by atoms with E-state index in [1.54, 1.807) is 0 Å². The van der Waals surface area contributed by atoms with Crippen LogP contribution in [-0.4, -0.2) is 0 Å². The van der Waals surface area contributed by atoms with E-state index in [0.717, 1.165) is 4.47 Å². The molecule has 0 atom stereocenters. The summed E-state index contributed by atoms with van der Waals surface area (Å²) >= 11 is 5.87. The molecule has 0 spiro atoms. The van der Waals surface area contributed by atoms with Crippen LogP contribution in [0.4, 0.5) is 0 Å². The highest BCUT2D eigenvalue weighted by atomic mass is 127. The molecule has 66 valence electrons. The Labute approximate surface area is 99.6 Å². The minimum atomic E-state index is 1.14. The van der Waals surface area contributed by atoms with Gasteiger partial charge < -0.3 is 0 Å². The van der Waals surface area contributed by atoms with Gasteiger partial charge in [0.05, 0.1) is 0 Å². The van der Waals surface area contributed by atoms with Crippen LogP contribution >= 0.6 is 38.5 Å². The second kappa shape index (κ2) is 3.58. The third kappa shape index (κ3) is 1.74. The van der Waals surface area contributed by atoms with Gasteiger partial charge in [-0.15, -0.1) is 0 Å².